The number of benzene rings is 1. The van der Waals surface area contributed by atoms with Crippen LogP contribution in [0.1, 0.15) is 36.6 Å². The maximum Gasteiger partial charge on any atom is 0.214 e. The third kappa shape index (κ3) is 3.82. The Kier molecular flexibility index (Phi) is 4.81. The van der Waals surface area contributed by atoms with E-state index in [2.05, 4.69) is 14.7 Å². The van der Waals surface area contributed by atoms with Crippen molar-refractivity contribution in [2.45, 2.75) is 43.6 Å². The second-order valence-electron chi connectivity index (χ2n) is 7.11. The minimum absolute atomic E-state index is 0.0717. The molecule has 26 heavy (non-hydrogen) atoms. The number of halogens is 1. The van der Waals surface area contributed by atoms with E-state index in [1.54, 1.807) is 18.3 Å². The van der Waals surface area contributed by atoms with Crippen LogP contribution in [-0.4, -0.2) is 41.4 Å². The number of hydrogen-bond donors (Lipinski definition) is 1. The predicted molar refractivity (Wildman–Crippen MR) is 96.3 cm³/mol. The highest BCUT2D eigenvalue weighted by Crippen LogP contribution is 2.28. The van der Waals surface area contributed by atoms with Crippen LogP contribution < -0.4 is 4.72 Å². The molecule has 2 heterocycles. The summed E-state index contributed by atoms with van der Waals surface area (Å²) in [5.74, 6) is -0.194. The van der Waals surface area contributed by atoms with Crippen molar-refractivity contribution in [2.75, 3.05) is 13.1 Å². The van der Waals surface area contributed by atoms with Crippen molar-refractivity contribution in [2.24, 2.45) is 0 Å². The highest BCUT2D eigenvalue weighted by molar-refractivity contribution is 7.90. The third-order valence-corrected chi connectivity index (χ3v) is 7.00. The van der Waals surface area contributed by atoms with Gasteiger partial charge in [0, 0.05) is 37.9 Å². The second kappa shape index (κ2) is 7.09. The van der Waals surface area contributed by atoms with Crippen LogP contribution in [0, 0.1) is 5.82 Å². The van der Waals surface area contributed by atoms with Crippen molar-refractivity contribution >= 4 is 10.0 Å². The lowest BCUT2D eigenvalue weighted by atomic mass is 10.1. The fourth-order valence-electron chi connectivity index (χ4n) is 3.53. The highest BCUT2D eigenvalue weighted by Gasteiger charge is 2.35. The fraction of sp³-hybridized carbons (Fsp3) is 0.500. The average Bonchev–Trinajstić information content (AvgIpc) is 3.37. The van der Waals surface area contributed by atoms with Gasteiger partial charge in [-0.3, -0.25) is 9.58 Å². The molecule has 6 nitrogen and oxygen atoms in total. The standard InChI is InChI=1S/C18H23FN4O2S/c19-18-4-2-1-3-14(18)11-22-12-15-7-9-20-23(15)16(13-22)8-10-21-26(24,25)17-5-6-17/h1-4,7,9,16-17,21H,5-6,8,10-13H2/t16-/m0/s1. The predicted octanol–water partition coefficient (Wildman–Crippen LogP) is 2.05. The molecule has 4 rings (SSSR count). The Morgan fingerprint density at radius 1 is 1.23 bits per heavy atom. The molecular formula is C18H23FN4O2S. The van der Waals surface area contributed by atoms with Gasteiger partial charge < -0.3 is 0 Å². The van der Waals surface area contributed by atoms with Crippen LogP contribution in [0.2, 0.25) is 0 Å². The van der Waals surface area contributed by atoms with Gasteiger partial charge in [0.2, 0.25) is 10.0 Å². The van der Waals surface area contributed by atoms with Gasteiger partial charge in [0.1, 0.15) is 5.82 Å². The van der Waals surface area contributed by atoms with Crippen molar-refractivity contribution in [1.29, 1.82) is 0 Å². The van der Waals surface area contributed by atoms with Crippen LogP contribution >= 0.6 is 0 Å². The molecule has 8 heteroatoms. The Morgan fingerprint density at radius 3 is 2.81 bits per heavy atom. The Bertz CT molecular complexity index is 879. The molecule has 140 valence electrons. The maximum atomic E-state index is 14.0. The summed E-state index contributed by atoms with van der Waals surface area (Å²) in [5, 5.41) is 4.20. The average molecular weight is 378 g/mol. The number of hydrogen-bond acceptors (Lipinski definition) is 4. The van der Waals surface area contributed by atoms with E-state index in [1.165, 1.54) is 6.07 Å². The molecule has 0 bridgehead atoms. The summed E-state index contributed by atoms with van der Waals surface area (Å²) >= 11 is 0. The van der Waals surface area contributed by atoms with Gasteiger partial charge in [-0.05, 0) is 31.4 Å². The van der Waals surface area contributed by atoms with Gasteiger partial charge >= 0.3 is 0 Å². The van der Waals surface area contributed by atoms with E-state index in [9.17, 15) is 12.8 Å². The lowest BCUT2D eigenvalue weighted by molar-refractivity contribution is 0.160. The molecule has 1 saturated carbocycles. The Balaban J connectivity index is 1.42. The van der Waals surface area contributed by atoms with Crippen LogP contribution in [0.25, 0.3) is 0 Å². The number of rotatable bonds is 7. The molecule has 2 aliphatic rings. The lowest BCUT2D eigenvalue weighted by Crippen LogP contribution is -2.39. The second-order valence-corrected chi connectivity index (χ2v) is 9.15. The van der Waals surface area contributed by atoms with Gasteiger partial charge in [-0.1, -0.05) is 18.2 Å². The molecule has 0 spiro atoms. The van der Waals surface area contributed by atoms with Gasteiger partial charge in [0.15, 0.2) is 0 Å². The minimum atomic E-state index is -3.16. The molecule has 1 N–H and O–H groups in total. The number of aromatic nitrogens is 2. The molecule has 1 aliphatic heterocycles. The van der Waals surface area contributed by atoms with E-state index >= 15 is 0 Å². The Labute approximate surface area is 153 Å². The molecule has 1 fully saturated rings. The van der Waals surface area contributed by atoms with Crippen LogP contribution in [0.15, 0.2) is 36.5 Å². The molecule has 1 aromatic carbocycles. The molecule has 0 saturated heterocycles. The first-order chi connectivity index (χ1) is 12.5. The molecule has 0 amide bonds. The van der Waals surface area contributed by atoms with Gasteiger partial charge in [-0.2, -0.15) is 5.10 Å². The van der Waals surface area contributed by atoms with Gasteiger partial charge in [0.25, 0.3) is 0 Å². The molecule has 1 aliphatic carbocycles. The van der Waals surface area contributed by atoms with Gasteiger partial charge in [-0.25, -0.2) is 17.5 Å². The third-order valence-electron chi connectivity index (χ3n) is 5.05. The monoisotopic (exact) mass is 378 g/mol. The van der Waals surface area contributed by atoms with Crippen LogP contribution in [0.5, 0.6) is 0 Å². The van der Waals surface area contributed by atoms with Crippen LogP contribution in [0.4, 0.5) is 4.39 Å². The molecule has 2 aromatic rings. The minimum Gasteiger partial charge on any atom is -0.291 e. The summed E-state index contributed by atoms with van der Waals surface area (Å²) in [6.07, 6.45) is 3.95. The normalized spacial score (nSPS) is 20.9. The topological polar surface area (TPSA) is 67.2 Å². The van der Waals surface area contributed by atoms with Crippen molar-refractivity contribution < 1.29 is 12.8 Å². The van der Waals surface area contributed by atoms with Crippen molar-refractivity contribution in [3.05, 3.63) is 53.6 Å². The van der Waals surface area contributed by atoms with E-state index in [0.29, 0.717) is 38.2 Å². The van der Waals surface area contributed by atoms with E-state index < -0.39 is 10.0 Å². The summed E-state index contributed by atoms with van der Waals surface area (Å²) in [4.78, 5) is 2.19. The largest absolute Gasteiger partial charge is 0.291 e. The summed E-state index contributed by atoms with van der Waals surface area (Å²) in [5.41, 5.74) is 1.75. The number of sulfonamides is 1. The first-order valence-electron chi connectivity index (χ1n) is 8.99. The molecule has 0 unspecified atom stereocenters. The first-order valence-corrected chi connectivity index (χ1v) is 10.5. The summed E-state index contributed by atoms with van der Waals surface area (Å²) in [6.45, 7) is 2.35. The molecule has 0 radical (unpaired) electrons. The number of nitrogens with one attached hydrogen (secondary N) is 1. The van der Waals surface area contributed by atoms with E-state index in [1.807, 2.05) is 16.8 Å². The SMILES string of the molecule is O=S(=O)(NCC[C@H]1CN(Cc2ccccc2F)Cc2ccnn21)C1CC1. The van der Waals surface area contributed by atoms with Crippen molar-refractivity contribution in [3.8, 4) is 0 Å². The van der Waals surface area contributed by atoms with E-state index in [0.717, 1.165) is 18.5 Å². The van der Waals surface area contributed by atoms with E-state index in [4.69, 9.17) is 0 Å². The van der Waals surface area contributed by atoms with Gasteiger partial charge in [-0.15, -0.1) is 0 Å². The van der Waals surface area contributed by atoms with Crippen molar-refractivity contribution in [1.82, 2.24) is 19.4 Å². The molecule has 1 aromatic heterocycles. The fourth-order valence-corrected chi connectivity index (χ4v) is 4.92. The zero-order valence-corrected chi connectivity index (χ0v) is 15.3. The first kappa shape index (κ1) is 17.6. The molecular weight excluding hydrogens is 355 g/mol. The lowest BCUT2D eigenvalue weighted by Gasteiger charge is -2.34. The van der Waals surface area contributed by atoms with Gasteiger partial charge in [0.05, 0.1) is 17.0 Å². The summed E-state index contributed by atoms with van der Waals surface area (Å²) in [7, 11) is -3.16. The van der Waals surface area contributed by atoms with E-state index in [-0.39, 0.29) is 17.1 Å². The van der Waals surface area contributed by atoms with Crippen LogP contribution in [-0.2, 0) is 23.1 Å². The summed E-state index contributed by atoms with van der Waals surface area (Å²) in [6, 6.07) is 8.86. The van der Waals surface area contributed by atoms with Crippen LogP contribution in [0.3, 0.4) is 0 Å². The van der Waals surface area contributed by atoms with Crippen molar-refractivity contribution in [3.63, 3.8) is 0 Å². The summed E-state index contributed by atoms with van der Waals surface area (Å²) < 4.78 is 42.6. The number of fused-ring (bicyclic) bond motifs is 1. The Hall–Kier alpha value is -1.77. The zero-order chi connectivity index (χ0) is 18.1. The Morgan fingerprint density at radius 2 is 2.04 bits per heavy atom. The smallest absolute Gasteiger partial charge is 0.214 e. The zero-order valence-electron chi connectivity index (χ0n) is 14.5. The number of nitrogens with zero attached hydrogens (tertiary/aromatic N) is 3. The molecule has 1 atom stereocenters. The maximum absolute atomic E-state index is 14.0. The highest BCUT2D eigenvalue weighted by atomic mass is 32.2. The quantitative estimate of drug-likeness (QED) is 0.801.